The summed E-state index contributed by atoms with van der Waals surface area (Å²) in [6.45, 7) is -0.00779. The lowest BCUT2D eigenvalue weighted by molar-refractivity contribution is 0.0950. The Morgan fingerprint density at radius 2 is 2.00 bits per heavy atom. The second-order valence-corrected chi connectivity index (χ2v) is 7.53. The first kappa shape index (κ1) is 16.9. The van der Waals surface area contributed by atoms with Gasteiger partial charge < -0.3 is 5.32 Å². The molecule has 1 aromatic heterocycles. The standard InChI is InChI=1S/C13H12ClFN2O3S2/c14-9-3-1-4-10(15)12(9)13(18)16-6-7-17-22(19,20)11-5-2-8-21-11/h1-5,8,17H,6-7H2,(H,16,18). The normalized spacial score (nSPS) is 11.4. The SMILES string of the molecule is O=C(NCCNS(=O)(=O)c1cccs1)c1c(F)cccc1Cl. The summed E-state index contributed by atoms with van der Waals surface area (Å²) in [6, 6.07) is 7.02. The third kappa shape index (κ3) is 4.04. The van der Waals surface area contributed by atoms with E-state index in [1.807, 2.05) is 0 Å². The van der Waals surface area contributed by atoms with E-state index in [0.717, 1.165) is 17.4 Å². The highest BCUT2D eigenvalue weighted by atomic mass is 35.5. The summed E-state index contributed by atoms with van der Waals surface area (Å²) in [5.74, 6) is -1.43. The van der Waals surface area contributed by atoms with E-state index >= 15 is 0 Å². The largest absolute Gasteiger partial charge is 0.351 e. The summed E-state index contributed by atoms with van der Waals surface area (Å²) in [5, 5.41) is 4.06. The predicted molar refractivity (Wildman–Crippen MR) is 83.3 cm³/mol. The van der Waals surface area contributed by atoms with Crippen molar-refractivity contribution in [3.8, 4) is 0 Å². The smallest absolute Gasteiger partial charge is 0.255 e. The van der Waals surface area contributed by atoms with Gasteiger partial charge in [0.25, 0.3) is 5.91 Å². The molecule has 22 heavy (non-hydrogen) atoms. The summed E-state index contributed by atoms with van der Waals surface area (Å²) in [4.78, 5) is 11.8. The highest BCUT2D eigenvalue weighted by Gasteiger charge is 2.16. The van der Waals surface area contributed by atoms with Crippen LogP contribution in [0.3, 0.4) is 0 Å². The van der Waals surface area contributed by atoms with E-state index in [-0.39, 0.29) is 27.9 Å². The van der Waals surface area contributed by atoms with Gasteiger partial charge in [-0.05, 0) is 23.6 Å². The van der Waals surface area contributed by atoms with Crippen LogP contribution in [0.2, 0.25) is 5.02 Å². The zero-order valence-corrected chi connectivity index (χ0v) is 13.6. The minimum absolute atomic E-state index is 0.00309. The zero-order valence-electron chi connectivity index (χ0n) is 11.2. The molecule has 0 saturated heterocycles. The number of hydrogen-bond donors (Lipinski definition) is 2. The van der Waals surface area contributed by atoms with Gasteiger partial charge in [-0.25, -0.2) is 17.5 Å². The molecule has 1 aromatic carbocycles. The van der Waals surface area contributed by atoms with Crippen molar-refractivity contribution in [1.82, 2.24) is 10.0 Å². The monoisotopic (exact) mass is 362 g/mol. The van der Waals surface area contributed by atoms with Gasteiger partial charge in [0, 0.05) is 13.1 Å². The van der Waals surface area contributed by atoms with E-state index in [1.165, 1.54) is 18.2 Å². The number of thiophene rings is 1. The minimum atomic E-state index is -3.58. The number of rotatable bonds is 6. The molecular weight excluding hydrogens is 351 g/mol. The first-order valence-electron chi connectivity index (χ1n) is 6.17. The highest BCUT2D eigenvalue weighted by Crippen LogP contribution is 2.18. The summed E-state index contributed by atoms with van der Waals surface area (Å²) in [7, 11) is -3.58. The number of hydrogen-bond acceptors (Lipinski definition) is 4. The van der Waals surface area contributed by atoms with Crippen molar-refractivity contribution in [2.24, 2.45) is 0 Å². The Bertz CT molecular complexity index is 743. The molecule has 0 atom stereocenters. The molecule has 0 fully saturated rings. The van der Waals surface area contributed by atoms with Gasteiger partial charge >= 0.3 is 0 Å². The van der Waals surface area contributed by atoms with E-state index in [4.69, 9.17) is 11.6 Å². The average Bonchev–Trinajstić information content (AvgIpc) is 2.98. The van der Waals surface area contributed by atoms with Crippen molar-refractivity contribution in [2.45, 2.75) is 4.21 Å². The van der Waals surface area contributed by atoms with Crippen molar-refractivity contribution in [3.05, 3.63) is 52.1 Å². The lowest BCUT2D eigenvalue weighted by atomic mass is 10.2. The lowest BCUT2D eigenvalue weighted by Gasteiger charge is -2.08. The van der Waals surface area contributed by atoms with Crippen LogP contribution in [0.25, 0.3) is 0 Å². The number of benzene rings is 1. The van der Waals surface area contributed by atoms with Crippen molar-refractivity contribution in [3.63, 3.8) is 0 Å². The Morgan fingerprint density at radius 1 is 1.23 bits per heavy atom. The Morgan fingerprint density at radius 3 is 2.64 bits per heavy atom. The average molecular weight is 363 g/mol. The van der Waals surface area contributed by atoms with E-state index < -0.39 is 21.7 Å². The summed E-state index contributed by atoms with van der Waals surface area (Å²) in [6.07, 6.45) is 0. The molecule has 2 N–H and O–H groups in total. The molecule has 5 nitrogen and oxygen atoms in total. The summed E-state index contributed by atoms with van der Waals surface area (Å²) >= 11 is 6.86. The van der Waals surface area contributed by atoms with E-state index in [0.29, 0.717) is 0 Å². The van der Waals surface area contributed by atoms with Gasteiger partial charge in [0.1, 0.15) is 10.0 Å². The molecule has 2 aromatic rings. The van der Waals surface area contributed by atoms with Crippen LogP contribution in [-0.4, -0.2) is 27.4 Å². The number of carbonyl (C=O) groups is 1. The minimum Gasteiger partial charge on any atom is -0.351 e. The van der Waals surface area contributed by atoms with Gasteiger partial charge in [0.05, 0.1) is 10.6 Å². The van der Waals surface area contributed by atoms with E-state index in [1.54, 1.807) is 11.4 Å². The fourth-order valence-electron chi connectivity index (χ4n) is 1.65. The van der Waals surface area contributed by atoms with Crippen LogP contribution in [0.4, 0.5) is 4.39 Å². The second-order valence-electron chi connectivity index (χ2n) is 4.18. The van der Waals surface area contributed by atoms with E-state index in [9.17, 15) is 17.6 Å². The molecule has 1 amide bonds. The Balaban J connectivity index is 1.88. The van der Waals surface area contributed by atoms with Crippen LogP contribution in [0.1, 0.15) is 10.4 Å². The maximum Gasteiger partial charge on any atom is 0.255 e. The van der Waals surface area contributed by atoms with Crippen LogP contribution in [0.5, 0.6) is 0 Å². The van der Waals surface area contributed by atoms with Gasteiger partial charge in [-0.2, -0.15) is 0 Å². The topological polar surface area (TPSA) is 75.3 Å². The highest BCUT2D eigenvalue weighted by molar-refractivity contribution is 7.91. The predicted octanol–water partition coefficient (Wildman–Crippen LogP) is 2.25. The molecule has 0 aliphatic heterocycles. The van der Waals surface area contributed by atoms with Crippen molar-refractivity contribution >= 4 is 38.9 Å². The lowest BCUT2D eigenvalue weighted by Crippen LogP contribution is -2.34. The Labute approximate surface area is 136 Å². The third-order valence-corrected chi connectivity index (χ3v) is 5.83. The van der Waals surface area contributed by atoms with E-state index in [2.05, 4.69) is 10.0 Å². The molecule has 0 spiro atoms. The third-order valence-electron chi connectivity index (χ3n) is 2.65. The fourth-order valence-corrected chi connectivity index (χ4v) is 3.97. The van der Waals surface area contributed by atoms with Gasteiger partial charge in [0.15, 0.2) is 0 Å². The van der Waals surface area contributed by atoms with Crippen LogP contribution in [-0.2, 0) is 10.0 Å². The maximum atomic E-state index is 13.5. The molecule has 0 saturated carbocycles. The van der Waals surface area contributed by atoms with Crippen LogP contribution in [0, 0.1) is 5.82 Å². The maximum absolute atomic E-state index is 13.5. The van der Waals surface area contributed by atoms with Crippen molar-refractivity contribution in [2.75, 3.05) is 13.1 Å². The quantitative estimate of drug-likeness (QED) is 0.774. The number of halogens is 2. The van der Waals surface area contributed by atoms with Crippen LogP contribution in [0.15, 0.2) is 39.9 Å². The van der Waals surface area contributed by atoms with Gasteiger partial charge in [-0.1, -0.05) is 23.7 Å². The van der Waals surface area contributed by atoms with Crippen molar-refractivity contribution < 1.29 is 17.6 Å². The second kappa shape index (κ2) is 7.19. The molecule has 118 valence electrons. The summed E-state index contributed by atoms with van der Waals surface area (Å²) < 4.78 is 39.7. The van der Waals surface area contributed by atoms with Crippen molar-refractivity contribution in [1.29, 1.82) is 0 Å². The first-order chi connectivity index (χ1) is 10.4. The molecule has 2 rings (SSSR count). The van der Waals surface area contributed by atoms with Crippen LogP contribution >= 0.6 is 22.9 Å². The molecule has 0 aliphatic rings. The molecule has 0 aliphatic carbocycles. The van der Waals surface area contributed by atoms with Gasteiger partial charge in [0.2, 0.25) is 10.0 Å². The molecule has 0 unspecified atom stereocenters. The first-order valence-corrected chi connectivity index (χ1v) is 8.91. The van der Waals surface area contributed by atoms with Gasteiger partial charge in [-0.3, -0.25) is 4.79 Å². The van der Waals surface area contributed by atoms with Crippen LogP contribution < -0.4 is 10.0 Å². The fraction of sp³-hybridized carbons (Fsp3) is 0.154. The zero-order chi connectivity index (χ0) is 16.2. The number of carbonyl (C=O) groups excluding carboxylic acids is 1. The number of amides is 1. The summed E-state index contributed by atoms with van der Waals surface area (Å²) in [5.41, 5.74) is -0.259. The van der Waals surface area contributed by atoms with Gasteiger partial charge in [-0.15, -0.1) is 11.3 Å². The molecule has 9 heteroatoms. The molecule has 0 radical (unpaired) electrons. The number of nitrogens with one attached hydrogen (secondary N) is 2. The molecule has 0 bridgehead atoms. The Hall–Kier alpha value is -1.48. The Kier molecular flexibility index (Phi) is 5.52. The molecular formula is C13H12ClFN2O3S2. The molecule has 1 heterocycles. The number of sulfonamides is 1.